The lowest BCUT2D eigenvalue weighted by Crippen LogP contribution is -2.45. The molecule has 1 aromatic rings. The van der Waals surface area contributed by atoms with Crippen molar-refractivity contribution in [2.45, 2.75) is 38.1 Å². The van der Waals surface area contributed by atoms with Gasteiger partial charge in [-0.05, 0) is 36.5 Å². The molecule has 0 heterocycles. The highest BCUT2D eigenvalue weighted by Gasteiger charge is 2.51. The number of hydrogen-bond acceptors (Lipinski definition) is 3. The molecule has 1 aliphatic rings. The molecule has 0 aromatic heterocycles. The van der Waals surface area contributed by atoms with Crippen molar-refractivity contribution < 1.29 is 9.90 Å². The highest BCUT2D eigenvalue weighted by atomic mass is 16.3. The lowest BCUT2D eigenvalue weighted by Gasteiger charge is -2.24. The number of carbonyl (C=O) groups excluding carboxylic acids is 1. The van der Waals surface area contributed by atoms with Gasteiger partial charge in [0.1, 0.15) is 0 Å². The fourth-order valence-corrected chi connectivity index (χ4v) is 2.30. The summed E-state index contributed by atoms with van der Waals surface area (Å²) in [6.45, 7) is 3.95. The molecule has 0 radical (unpaired) electrons. The summed E-state index contributed by atoms with van der Waals surface area (Å²) in [5.41, 5.74) is 6.99. The molecule has 4 nitrogen and oxygen atoms in total. The summed E-state index contributed by atoms with van der Waals surface area (Å²) in [5, 5.41) is 12.3. The lowest BCUT2D eigenvalue weighted by molar-refractivity contribution is -0.125. The van der Waals surface area contributed by atoms with E-state index < -0.39 is 5.41 Å². The van der Waals surface area contributed by atoms with Gasteiger partial charge in [-0.25, -0.2) is 0 Å². The van der Waals surface area contributed by atoms with E-state index in [9.17, 15) is 9.90 Å². The van der Waals surface area contributed by atoms with Crippen LogP contribution in [0.3, 0.4) is 0 Å². The smallest absolute Gasteiger partial charge is 0.230 e. The normalized spacial score (nSPS) is 18.1. The van der Waals surface area contributed by atoms with E-state index in [2.05, 4.69) is 5.32 Å². The van der Waals surface area contributed by atoms with Gasteiger partial charge in [0, 0.05) is 5.69 Å². The zero-order valence-corrected chi connectivity index (χ0v) is 11.5. The Balaban J connectivity index is 2.12. The molecule has 4 N–H and O–H groups in total. The predicted octanol–water partition coefficient (Wildman–Crippen LogP) is 1.43. The zero-order chi connectivity index (χ0) is 14.0. The van der Waals surface area contributed by atoms with Crippen molar-refractivity contribution in [3.05, 3.63) is 29.8 Å². The highest BCUT2D eigenvalue weighted by Crippen LogP contribution is 2.48. The largest absolute Gasteiger partial charge is 0.399 e. The molecule has 1 atom stereocenters. The van der Waals surface area contributed by atoms with Gasteiger partial charge in [0.2, 0.25) is 5.91 Å². The first-order valence-corrected chi connectivity index (χ1v) is 6.77. The maximum atomic E-state index is 12.4. The Morgan fingerprint density at radius 3 is 2.37 bits per heavy atom. The third kappa shape index (κ3) is 2.73. The van der Waals surface area contributed by atoms with E-state index in [1.54, 1.807) is 0 Å². The van der Waals surface area contributed by atoms with Crippen LogP contribution in [-0.2, 0) is 10.2 Å². The number of aliphatic hydroxyl groups excluding tert-OH is 1. The number of nitrogens with one attached hydrogen (secondary N) is 1. The Morgan fingerprint density at radius 2 is 1.95 bits per heavy atom. The number of anilines is 1. The maximum Gasteiger partial charge on any atom is 0.230 e. The average molecular weight is 262 g/mol. The minimum atomic E-state index is -0.407. The van der Waals surface area contributed by atoms with E-state index >= 15 is 0 Å². The Kier molecular flexibility index (Phi) is 3.80. The molecule has 2 rings (SSSR count). The molecule has 0 bridgehead atoms. The van der Waals surface area contributed by atoms with Crippen LogP contribution in [0.2, 0.25) is 0 Å². The lowest BCUT2D eigenvalue weighted by atomic mass is 9.93. The predicted molar refractivity (Wildman–Crippen MR) is 75.6 cm³/mol. The number of nitrogen functional groups attached to an aromatic ring is 1. The molecule has 0 saturated heterocycles. The van der Waals surface area contributed by atoms with Crippen LogP contribution in [0.25, 0.3) is 0 Å². The zero-order valence-electron chi connectivity index (χ0n) is 11.5. The van der Waals surface area contributed by atoms with Gasteiger partial charge in [-0.2, -0.15) is 0 Å². The van der Waals surface area contributed by atoms with Gasteiger partial charge in [-0.15, -0.1) is 0 Å². The number of rotatable bonds is 5. The molecule has 0 aliphatic heterocycles. The second-order valence-corrected chi connectivity index (χ2v) is 5.71. The molecule has 104 valence electrons. The molecule has 19 heavy (non-hydrogen) atoms. The topological polar surface area (TPSA) is 75.3 Å². The number of benzene rings is 1. The Labute approximate surface area is 114 Å². The summed E-state index contributed by atoms with van der Waals surface area (Å²) in [6.07, 6.45) is 1.72. The number of amides is 1. The van der Waals surface area contributed by atoms with Crippen molar-refractivity contribution >= 4 is 11.6 Å². The van der Waals surface area contributed by atoms with Crippen molar-refractivity contribution in [3.8, 4) is 0 Å². The van der Waals surface area contributed by atoms with Gasteiger partial charge in [0.15, 0.2) is 0 Å². The minimum Gasteiger partial charge on any atom is -0.399 e. The van der Waals surface area contributed by atoms with E-state index in [0.29, 0.717) is 5.69 Å². The first kappa shape index (κ1) is 13.9. The Hall–Kier alpha value is -1.55. The second-order valence-electron chi connectivity index (χ2n) is 5.71. The summed E-state index contributed by atoms with van der Waals surface area (Å²) >= 11 is 0. The van der Waals surface area contributed by atoms with Crippen molar-refractivity contribution in [3.63, 3.8) is 0 Å². The standard InChI is InChI=1S/C15H22N2O2/c1-10(2)13(9-18)17-14(19)15(7-8-15)11-3-5-12(16)6-4-11/h3-6,10,13,18H,7-9,16H2,1-2H3,(H,17,19)/t13-/m1/s1. The molecule has 0 spiro atoms. The SMILES string of the molecule is CC(C)[C@@H](CO)NC(=O)C1(c2ccc(N)cc2)CC1. The summed E-state index contributed by atoms with van der Waals surface area (Å²) in [5.74, 6) is 0.237. The van der Waals surface area contributed by atoms with E-state index in [4.69, 9.17) is 5.73 Å². The van der Waals surface area contributed by atoms with Crippen LogP contribution >= 0.6 is 0 Å². The van der Waals surface area contributed by atoms with E-state index in [-0.39, 0.29) is 24.5 Å². The van der Waals surface area contributed by atoms with E-state index in [1.165, 1.54) is 0 Å². The second kappa shape index (κ2) is 5.21. The van der Waals surface area contributed by atoms with Crippen LogP contribution in [-0.4, -0.2) is 23.7 Å². The molecule has 1 aliphatic carbocycles. The summed E-state index contributed by atoms with van der Waals surface area (Å²) in [7, 11) is 0. The van der Waals surface area contributed by atoms with Crippen molar-refractivity contribution in [1.29, 1.82) is 0 Å². The van der Waals surface area contributed by atoms with Gasteiger partial charge in [0.25, 0.3) is 0 Å². The highest BCUT2D eigenvalue weighted by molar-refractivity contribution is 5.91. The molecular formula is C15H22N2O2. The Bertz CT molecular complexity index is 450. The maximum absolute atomic E-state index is 12.4. The van der Waals surface area contributed by atoms with Gasteiger partial charge in [-0.1, -0.05) is 26.0 Å². The quantitative estimate of drug-likeness (QED) is 0.703. The van der Waals surface area contributed by atoms with Crippen LogP contribution in [0.15, 0.2) is 24.3 Å². The van der Waals surface area contributed by atoms with Crippen LogP contribution in [0.5, 0.6) is 0 Å². The number of carbonyl (C=O) groups is 1. The van der Waals surface area contributed by atoms with Gasteiger partial charge in [-0.3, -0.25) is 4.79 Å². The fourth-order valence-electron chi connectivity index (χ4n) is 2.30. The molecule has 1 aromatic carbocycles. The van der Waals surface area contributed by atoms with Crippen LogP contribution in [0.4, 0.5) is 5.69 Å². The summed E-state index contributed by atoms with van der Waals surface area (Å²) in [6, 6.07) is 7.32. The third-order valence-corrected chi connectivity index (χ3v) is 3.97. The molecular weight excluding hydrogens is 240 g/mol. The average Bonchev–Trinajstić information content (AvgIpc) is 3.17. The van der Waals surface area contributed by atoms with Crippen molar-refractivity contribution in [2.75, 3.05) is 12.3 Å². The van der Waals surface area contributed by atoms with Crippen molar-refractivity contribution in [2.24, 2.45) is 5.92 Å². The number of nitrogens with two attached hydrogens (primary N) is 1. The minimum absolute atomic E-state index is 0.0185. The molecule has 1 fully saturated rings. The molecule has 1 amide bonds. The van der Waals surface area contributed by atoms with E-state index in [0.717, 1.165) is 18.4 Å². The van der Waals surface area contributed by atoms with E-state index in [1.807, 2.05) is 38.1 Å². The van der Waals surface area contributed by atoms with Crippen molar-refractivity contribution in [1.82, 2.24) is 5.32 Å². The van der Waals surface area contributed by atoms with Crippen LogP contribution in [0.1, 0.15) is 32.3 Å². The third-order valence-electron chi connectivity index (χ3n) is 3.97. The van der Waals surface area contributed by atoms with Crippen LogP contribution < -0.4 is 11.1 Å². The Morgan fingerprint density at radius 1 is 1.37 bits per heavy atom. The summed E-state index contributed by atoms with van der Waals surface area (Å²) < 4.78 is 0. The fraction of sp³-hybridized carbons (Fsp3) is 0.533. The van der Waals surface area contributed by atoms with Gasteiger partial charge >= 0.3 is 0 Å². The first-order chi connectivity index (χ1) is 8.99. The summed E-state index contributed by atoms with van der Waals surface area (Å²) in [4.78, 5) is 12.4. The van der Waals surface area contributed by atoms with Gasteiger partial charge in [0.05, 0.1) is 18.1 Å². The molecule has 1 saturated carbocycles. The monoisotopic (exact) mass is 262 g/mol. The van der Waals surface area contributed by atoms with Crippen LogP contribution in [0, 0.1) is 5.92 Å². The molecule has 0 unspecified atom stereocenters. The number of aliphatic hydroxyl groups is 1. The number of hydrogen-bond donors (Lipinski definition) is 3. The molecule has 4 heteroatoms. The van der Waals surface area contributed by atoms with Gasteiger partial charge < -0.3 is 16.2 Å². The first-order valence-electron chi connectivity index (χ1n) is 6.77.